The molecule has 8 heteroatoms. The summed E-state index contributed by atoms with van der Waals surface area (Å²) in [6.45, 7) is 5.78. The van der Waals surface area contributed by atoms with E-state index in [1.807, 2.05) is 0 Å². The Morgan fingerprint density at radius 3 is 2.79 bits per heavy atom. The van der Waals surface area contributed by atoms with Crippen LogP contribution in [0.3, 0.4) is 0 Å². The lowest BCUT2D eigenvalue weighted by atomic mass is 10.3. The third-order valence-electron chi connectivity index (χ3n) is 3.22. The normalized spacial score (nSPS) is 20.7. The Balaban J connectivity index is 2.09. The lowest BCUT2D eigenvalue weighted by molar-refractivity contribution is 0.0324. The van der Waals surface area contributed by atoms with Crippen LogP contribution in [0.25, 0.3) is 0 Å². The first-order valence-corrected chi connectivity index (χ1v) is 7.72. The molecular formula is C11H20N4O3S. The summed E-state index contributed by atoms with van der Waals surface area (Å²) < 4.78 is 34.2. The summed E-state index contributed by atoms with van der Waals surface area (Å²) in [5, 5.41) is 7.29. The molecule has 19 heavy (non-hydrogen) atoms. The monoisotopic (exact) mass is 288 g/mol. The van der Waals surface area contributed by atoms with Crippen LogP contribution in [0.1, 0.15) is 11.4 Å². The first kappa shape index (κ1) is 14.4. The maximum atomic E-state index is 12.3. The second-order valence-corrected chi connectivity index (χ2v) is 6.38. The average molecular weight is 288 g/mol. The topological polar surface area (TPSA) is 85.2 Å². The number of hydrogen-bond donors (Lipinski definition) is 2. The SMILES string of the molecule is Cc1nn(C)c(C)c1S(=O)(=O)NCC1CNCCO1. The van der Waals surface area contributed by atoms with Gasteiger partial charge < -0.3 is 10.1 Å². The summed E-state index contributed by atoms with van der Waals surface area (Å²) in [4.78, 5) is 0.263. The lowest BCUT2D eigenvalue weighted by Gasteiger charge is -2.23. The van der Waals surface area contributed by atoms with Gasteiger partial charge in [0.05, 0.1) is 24.1 Å². The summed E-state index contributed by atoms with van der Waals surface area (Å²) in [5.41, 5.74) is 1.14. The van der Waals surface area contributed by atoms with Gasteiger partial charge in [-0.1, -0.05) is 0 Å². The molecule has 0 bridgehead atoms. The van der Waals surface area contributed by atoms with Gasteiger partial charge in [0.1, 0.15) is 4.90 Å². The number of aryl methyl sites for hydroxylation is 2. The van der Waals surface area contributed by atoms with E-state index in [4.69, 9.17) is 4.74 Å². The van der Waals surface area contributed by atoms with Crippen molar-refractivity contribution in [1.82, 2.24) is 19.8 Å². The maximum absolute atomic E-state index is 12.3. The van der Waals surface area contributed by atoms with Crippen molar-refractivity contribution in [3.05, 3.63) is 11.4 Å². The molecule has 1 aliphatic rings. The fourth-order valence-electron chi connectivity index (χ4n) is 2.17. The van der Waals surface area contributed by atoms with E-state index in [1.54, 1.807) is 25.6 Å². The van der Waals surface area contributed by atoms with Crippen LogP contribution in [0.2, 0.25) is 0 Å². The highest BCUT2D eigenvalue weighted by molar-refractivity contribution is 7.89. The van der Waals surface area contributed by atoms with Crippen molar-refractivity contribution < 1.29 is 13.2 Å². The van der Waals surface area contributed by atoms with Crippen LogP contribution in [0.4, 0.5) is 0 Å². The molecule has 0 saturated carbocycles. The van der Waals surface area contributed by atoms with Gasteiger partial charge in [0, 0.05) is 26.7 Å². The van der Waals surface area contributed by atoms with Gasteiger partial charge in [-0.3, -0.25) is 4.68 Å². The number of sulfonamides is 1. The Morgan fingerprint density at radius 2 is 2.26 bits per heavy atom. The number of rotatable bonds is 4. The Kier molecular flexibility index (Phi) is 4.24. The van der Waals surface area contributed by atoms with Gasteiger partial charge in [-0.25, -0.2) is 13.1 Å². The Bertz CT molecular complexity index is 547. The zero-order chi connectivity index (χ0) is 14.0. The minimum absolute atomic E-state index is 0.124. The van der Waals surface area contributed by atoms with E-state index in [0.717, 1.165) is 6.54 Å². The zero-order valence-corrected chi connectivity index (χ0v) is 12.2. The Labute approximate surface area is 113 Å². The highest BCUT2D eigenvalue weighted by Gasteiger charge is 2.25. The molecule has 1 unspecified atom stereocenters. The highest BCUT2D eigenvalue weighted by atomic mass is 32.2. The molecule has 2 N–H and O–H groups in total. The number of nitrogens with zero attached hydrogens (tertiary/aromatic N) is 2. The summed E-state index contributed by atoms with van der Waals surface area (Å²) in [5.74, 6) is 0. The molecule has 1 aliphatic heterocycles. The molecule has 1 fully saturated rings. The molecule has 0 aliphatic carbocycles. The number of morpholine rings is 1. The summed E-state index contributed by atoms with van der Waals surface area (Å²) in [6, 6.07) is 0. The van der Waals surface area contributed by atoms with Crippen LogP contribution in [0.15, 0.2) is 4.90 Å². The molecule has 0 radical (unpaired) electrons. The van der Waals surface area contributed by atoms with Crippen molar-refractivity contribution in [2.75, 3.05) is 26.2 Å². The molecule has 1 aromatic rings. The van der Waals surface area contributed by atoms with Gasteiger partial charge in [0.25, 0.3) is 0 Å². The van der Waals surface area contributed by atoms with E-state index in [-0.39, 0.29) is 17.5 Å². The maximum Gasteiger partial charge on any atom is 0.244 e. The van der Waals surface area contributed by atoms with Crippen molar-refractivity contribution in [1.29, 1.82) is 0 Å². The number of nitrogens with one attached hydrogen (secondary N) is 2. The fourth-order valence-corrected chi connectivity index (χ4v) is 3.67. The molecule has 7 nitrogen and oxygen atoms in total. The third kappa shape index (κ3) is 3.14. The fraction of sp³-hybridized carbons (Fsp3) is 0.727. The zero-order valence-electron chi connectivity index (χ0n) is 11.4. The van der Waals surface area contributed by atoms with E-state index in [2.05, 4.69) is 15.1 Å². The minimum atomic E-state index is -3.54. The van der Waals surface area contributed by atoms with Crippen molar-refractivity contribution in [2.45, 2.75) is 24.8 Å². The van der Waals surface area contributed by atoms with Crippen LogP contribution >= 0.6 is 0 Å². The van der Waals surface area contributed by atoms with Crippen LogP contribution in [-0.2, 0) is 21.8 Å². The average Bonchev–Trinajstić information content (AvgIpc) is 2.63. The molecule has 0 amide bonds. The first-order valence-electron chi connectivity index (χ1n) is 6.24. The standard InChI is InChI=1S/C11H20N4O3S/c1-8-11(9(2)15(3)14-8)19(16,17)13-7-10-6-12-4-5-18-10/h10,12-13H,4-7H2,1-3H3. The van der Waals surface area contributed by atoms with Gasteiger partial charge in [-0.05, 0) is 13.8 Å². The van der Waals surface area contributed by atoms with E-state index in [0.29, 0.717) is 24.5 Å². The molecule has 0 aromatic carbocycles. The second kappa shape index (κ2) is 5.58. The number of hydrogen-bond acceptors (Lipinski definition) is 5. The summed E-state index contributed by atoms with van der Waals surface area (Å²) >= 11 is 0. The molecule has 1 atom stereocenters. The first-order chi connectivity index (χ1) is 8.92. The molecular weight excluding hydrogens is 268 g/mol. The van der Waals surface area contributed by atoms with E-state index in [1.165, 1.54) is 0 Å². The van der Waals surface area contributed by atoms with Gasteiger partial charge in [0.2, 0.25) is 10.0 Å². The van der Waals surface area contributed by atoms with Gasteiger partial charge in [-0.15, -0.1) is 0 Å². The van der Waals surface area contributed by atoms with Gasteiger partial charge in [-0.2, -0.15) is 5.10 Å². The van der Waals surface area contributed by atoms with Crippen molar-refractivity contribution in [3.8, 4) is 0 Å². The van der Waals surface area contributed by atoms with E-state index in [9.17, 15) is 8.42 Å². The molecule has 1 aromatic heterocycles. The molecule has 108 valence electrons. The van der Waals surface area contributed by atoms with Gasteiger partial charge >= 0.3 is 0 Å². The van der Waals surface area contributed by atoms with Crippen LogP contribution in [-0.4, -0.2) is 50.5 Å². The predicted molar refractivity (Wildman–Crippen MR) is 70.5 cm³/mol. The van der Waals surface area contributed by atoms with Gasteiger partial charge in [0.15, 0.2) is 0 Å². The smallest absolute Gasteiger partial charge is 0.244 e. The van der Waals surface area contributed by atoms with Crippen molar-refractivity contribution in [2.24, 2.45) is 7.05 Å². The van der Waals surface area contributed by atoms with Crippen LogP contribution < -0.4 is 10.0 Å². The van der Waals surface area contributed by atoms with Crippen molar-refractivity contribution >= 4 is 10.0 Å². The molecule has 2 rings (SSSR count). The van der Waals surface area contributed by atoms with Crippen LogP contribution in [0.5, 0.6) is 0 Å². The van der Waals surface area contributed by atoms with Crippen LogP contribution in [0, 0.1) is 13.8 Å². The van der Waals surface area contributed by atoms with E-state index < -0.39 is 10.0 Å². The highest BCUT2D eigenvalue weighted by Crippen LogP contribution is 2.18. The Hall–Kier alpha value is -0.960. The lowest BCUT2D eigenvalue weighted by Crippen LogP contribution is -2.45. The predicted octanol–water partition coefficient (Wildman–Crippen LogP) is -0.696. The quantitative estimate of drug-likeness (QED) is 0.765. The summed E-state index contributed by atoms with van der Waals surface area (Å²) in [6.07, 6.45) is -0.124. The molecule has 0 spiro atoms. The molecule has 1 saturated heterocycles. The minimum Gasteiger partial charge on any atom is -0.374 e. The van der Waals surface area contributed by atoms with E-state index >= 15 is 0 Å². The third-order valence-corrected chi connectivity index (χ3v) is 4.89. The number of ether oxygens (including phenoxy) is 1. The van der Waals surface area contributed by atoms with Crippen molar-refractivity contribution in [3.63, 3.8) is 0 Å². The summed E-state index contributed by atoms with van der Waals surface area (Å²) in [7, 11) is -1.81. The number of aromatic nitrogens is 2. The Morgan fingerprint density at radius 1 is 1.53 bits per heavy atom. The molecule has 2 heterocycles. The largest absolute Gasteiger partial charge is 0.374 e. The second-order valence-electron chi connectivity index (χ2n) is 4.67.